The van der Waals surface area contributed by atoms with Crippen molar-refractivity contribution in [2.24, 2.45) is 0 Å². The number of benzene rings is 1. The molecule has 0 radical (unpaired) electrons. The molecule has 0 fully saturated rings. The first-order valence-electron chi connectivity index (χ1n) is 7.20. The first-order chi connectivity index (χ1) is 9.54. The van der Waals surface area contributed by atoms with E-state index in [-0.39, 0.29) is 5.69 Å². The fourth-order valence-electron chi connectivity index (χ4n) is 2.05. The van der Waals surface area contributed by atoms with Crippen molar-refractivity contribution in [3.8, 4) is 0 Å². The van der Waals surface area contributed by atoms with Crippen molar-refractivity contribution in [1.82, 2.24) is 5.32 Å². The molecule has 0 amide bonds. The minimum Gasteiger partial charge on any atom is -0.387 e. The number of non-ortho nitro benzene ring substituents is 1. The number of nitrogens with zero attached hydrogens (tertiary/aromatic N) is 1. The van der Waals surface area contributed by atoms with Crippen molar-refractivity contribution in [2.45, 2.75) is 51.7 Å². The third-order valence-corrected chi connectivity index (χ3v) is 3.39. The van der Waals surface area contributed by atoms with Gasteiger partial charge in [0.1, 0.15) is 0 Å². The van der Waals surface area contributed by atoms with Crippen LogP contribution in [0.5, 0.6) is 0 Å². The molecule has 0 aliphatic carbocycles. The molecule has 0 bridgehead atoms. The molecule has 1 rings (SSSR count). The number of nitro groups is 1. The average Bonchev–Trinajstić information content (AvgIpc) is 2.45. The first-order valence-corrected chi connectivity index (χ1v) is 7.20. The summed E-state index contributed by atoms with van der Waals surface area (Å²) >= 11 is 0. The van der Waals surface area contributed by atoms with Crippen LogP contribution in [0.1, 0.15) is 51.2 Å². The summed E-state index contributed by atoms with van der Waals surface area (Å²) in [4.78, 5) is 10.1. The summed E-state index contributed by atoms with van der Waals surface area (Å²) in [5.41, 5.74) is 0.741. The third-order valence-electron chi connectivity index (χ3n) is 3.39. The van der Waals surface area contributed by atoms with Crippen LogP contribution in [0.3, 0.4) is 0 Å². The lowest BCUT2D eigenvalue weighted by atomic mass is 10.1. The second-order valence-electron chi connectivity index (χ2n) is 5.17. The summed E-state index contributed by atoms with van der Waals surface area (Å²) in [6, 6.07) is 6.42. The highest BCUT2D eigenvalue weighted by Crippen LogP contribution is 2.17. The predicted octanol–water partition coefficient (Wildman–Crippen LogP) is 3.19. The van der Waals surface area contributed by atoms with E-state index in [0.717, 1.165) is 6.42 Å². The van der Waals surface area contributed by atoms with Crippen molar-refractivity contribution in [1.29, 1.82) is 0 Å². The Labute approximate surface area is 120 Å². The van der Waals surface area contributed by atoms with Crippen molar-refractivity contribution in [2.75, 3.05) is 6.54 Å². The molecular formula is C15H24N2O3. The molecule has 0 heterocycles. The van der Waals surface area contributed by atoms with E-state index in [1.807, 2.05) is 0 Å². The summed E-state index contributed by atoms with van der Waals surface area (Å²) < 4.78 is 0. The Morgan fingerprint density at radius 3 is 2.50 bits per heavy atom. The number of rotatable bonds is 9. The molecule has 5 nitrogen and oxygen atoms in total. The summed E-state index contributed by atoms with van der Waals surface area (Å²) in [6.45, 7) is 4.75. The molecule has 1 aromatic carbocycles. The van der Waals surface area contributed by atoms with E-state index in [2.05, 4.69) is 19.2 Å². The van der Waals surface area contributed by atoms with Crippen molar-refractivity contribution in [3.05, 3.63) is 39.9 Å². The lowest BCUT2D eigenvalue weighted by Gasteiger charge is -2.17. The van der Waals surface area contributed by atoms with Crippen LogP contribution in [0.4, 0.5) is 5.69 Å². The molecule has 20 heavy (non-hydrogen) atoms. The standard InChI is InChI=1S/C15H24N2O3/c1-3-4-5-6-12(2)16-11-15(18)13-7-9-14(10-8-13)17(19)20/h7-10,12,15-16,18H,3-6,11H2,1-2H3. The topological polar surface area (TPSA) is 75.4 Å². The molecule has 0 saturated carbocycles. The van der Waals surface area contributed by atoms with Crippen molar-refractivity contribution in [3.63, 3.8) is 0 Å². The number of aliphatic hydroxyl groups is 1. The molecule has 1 aromatic rings. The van der Waals surface area contributed by atoms with Crippen LogP contribution >= 0.6 is 0 Å². The first kappa shape index (κ1) is 16.6. The predicted molar refractivity (Wildman–Crippen MR) is 79.7 cm³/mol. The van der Waals surface area contributed by atoms with E-state index in [1.54, 1.807) is 12.1 Å². The van der Waals surface area contributed by atoms with Gasteiger partial charge in [0.05, 0.1) is 11.0 Å². The molecule has 0 aliphatic heterocycles. The molecule has 2 unspecified atom stereocenters. The number of nitrogens with one attached hydrogen (secondary N) is 1. The van der Waals surface area contributed by atoms with Crippen LogP contribution in [0, 0.1) is 10.1 Å². The van der Waals surface area contributed by atoms with Crippen LogP contribution in [0.2, 0.25) is 0 Å². The monoisotopic (exact) mass is 280 g/mol. The van der Waals surface area contributed by atoms with Crippen LogP contribution in [0.25, 0.3) is 0 Å². The van der Waals surface area contributed by atoms with Crippen LogP contribution < -0.4 is 5.32 Å². The zero-order valence-electron chi connectivity index (χ0n) is 12.2. The van der Waals surface area contributed by atoms with Gasteiger partial charge in [-0.1, -0.05) is 26.2 Å². The van der Waals surface area contributed by atoms with Gasteiger partial charge in [-0.2, -0.15) is 0 Å². The molecule has 5 heteroatoms. The molecule has 112 valence electrons. The van der Waals surface area contributed by atoms with Gasteiger partial charge in [0, 0.05) is 24.7 Å². The summed E-state index contributed by atoms with van der Waals surface area (Å²) in [7, 11) is 0. The third kappa shape index (κ3) is 5.67. The van der Waals surface area contributed by atoms with Crippen LogP contribution in [-0.4, -0.2) is 22.6 Å². The van der Waals surface area contributed by atoms with Gasteiger partial charge in [-0.3, -0.25) is 10.1 Å². The van der Waals surface area contributed by atoms with Crippen LogP contribution in [0.15, 0.2) is 24.3 Å². The smallest absolute Gasteiger partial charge is 0.269 e. The number of nitro benzene ring substituents is 1. The molecule has 2 N–H and O–H groups in total. The largest absolute Gasteiger partial charge is 0.387 e. The van der Waals surface area contributed by atoms with Gasteiger partial charge in [-0.05, 0) is 31.0 Å². The maximum absolute atomic E-state index is 10.6. The fraction of sp³-hybridized carbons (Fsp3) is 0.600. The summed E-state index contributed by atoms with van der Waals surface area (Å²) in [5, 5.41) is 23.9. The summed E-state index contributed by atoms with van der Waals surface area (Å²) in [5.74, 6) is 0. The highest BCUT2D eigenvalue weighted by molar-refractivity contribution is 5.33. The van der Waals surface area contributed by atoms with Gasteiger partial charge in [-0.15, -0.1) is 0 Å². The number of hydrogen-bond acceptors (Lipinski definition) is 4. The maximum atomic E-state index is 10.6. The zero-order chi connectivity index (χ0) is 15.0. The maximum Gasteiger partial charge on any atom is 0.269 e. The summed E-state index contributed by atoms with van der Waals surface area (Å²) in [6.07, 6.45) is 4.10. The Balaban J connectivity index is 2.38. The highest BCUT2D eigenvalue weighted by atomic mass is 16.6. The molecule has 0 aliphatic rings. The Morgan fingerprint density at radius 1 is 1.30 bits per heavy atom. The second kappa shape index (κ2) is 8.66. The fourth-order valence-corrected chi connectivity index (χ4v) is 2.05. The lowest BCUT2D eigenvalue weighted by molar-refractivity contribution is -0.384. The molecule has 0 aromatic heterocycles. The van der Waals surface area contributed by atoms with Gasteiger partial charge in [0.15, 0.2) is 0 Å². The Bertz CT molecular complexity index is 406. The minimum atomic E-state index is -0.635. The number of unbranched alkanes of at least 4 members (excludes halogenated alkanes) is 2. The highest BCUT2D eigenvalue weighted by Gasteiger charge is 2.11. The van der Waals surface area contributed by atoms with E-state index in [4.69, 9.17) is 0 Å². The van der Waals surface area contributed by atoms with Crippen LogP contribution in [-0.2, 0) is 0 Å². The van der Waals surface area contributed by atoms with Crippen molar-refractivity contribution >= 4 is 5.69 Å². The zero-order valence-corrected chi connectivity index (χ0v) is 12.2. The molecular weight excluding hydrogens is 256 g/mol. The van der Waals surface area contributed by atoms with E-state index in [1.165, 1.54) is 31.4 Å². The molecule has 2 atom stereocenters. The molecule has 0 saturated heterocycles. The van der Waals surface area contributed by atoms with Gasteiger partial charge >= 0.3 is 0 Å². The van der Waals surface area contributed by atoms with Gasteiger partial charge in [-0.25, -0.2) is 0 Å². The van der Waals surface area contributed by atoms with E-state index >= 15 is 0 Å². The Morgan fingerprint density at radius 2 is 1.95 bits per heavy atom. The Kier molecular flexibility index (Phi) is 7.18. The minimum absolute atomic E-state index is 0.0434. The lowest BCUT2D eigenvalue weighted by Crippen LogP contribution is -2.30. The molecule has 0 spiro atoms. The van der Waals surface area contributed by atoms with Gasteiger partial charge in [0.25, 0.3) is 5.69 Å². The second-order valence-corrected chi connectivity index (χ2v) is 5.17. The average molecular weight is 280 g/mol. The normalized spacial score (nSPS) is 13.9. The van der Waals surface area contributed by atoms with Gasteiger partial charge in [0.2, 0.25) is 0 Å². The SMILES string of the molecule is CCCCCC(C)NCC(O)c1ccc([N+](=O)[O-])cc1. The quantitative estimate of drug-likeness (QED) is 0.414. The van der Waals surface area contributed by atoms with E-state index < -0.39 is 11.0 Å². The Hall–Kier alpha value is -1.46. The number of hydrogen-bond donors (Lipinski definition) is 2. The van der Waals surface area contributed by atoms with E-state index in [0.29, 0.717) is 18.2 Å². The van der Waals surface area contributed by atoms with Crippen molar-refractivity contribution < 1.29 is 10.0 Å². The number of aliphatic hydroxyl groups excluding tert-OH is 1. The van der Waals surface area contributed by atoms with E-state index in [9.17, 15) is 15.2 Å². The van der Waals surface area contributed by atoms with Gasteiger partial charge < -0.3 is 10.4 Å².